The van der Waals surface area contributed by atoms with Gasteiger partial charge in [0.15, 0.2) is 0 Å². The van der Waals surface area contributed by atoms with Gasteiger partial charge in [0.05, 0.1) is 0 Å². The first kappa shape index (κ1) is 14.0. The molecule has 0 radical (unpaired) electrons. The Morgan fingerprint density at radius 3 is 2.22 bits per heavy atom. The molecule has 0 aliphatic rings. The first-order chi connectivity index (χ1) is 8.40. The summed E-state index contributed by atoms with van der Waals surface area (Å²) in [6.07, 6.45) is 1.43. The van der Waals surface area contributed by atoms with Crippen LogP contribution in [0, 0.1) is 6.92 Å². The molecule has 0 fully saturated rings. The fourth-order valence-electron chi connectivity index (χ4n) is 1.48. The largest absolute Gasteiger partial charge is 0.480 e. The summed E-state index contributed by atoms with van der Waals surface area (Å²) in [4.78, 5) is 24.0. The highest BCUT2D eigenvalue weighted by Gasteiger charge is 2.16. The molecule has 0 heterocycles. The van der Waals surface area contributed by atoms with E-state index in [0.717, 1.165) is 11.1 Å². The van der Waals surface area contributed by atoms with Gasteiger partial charge in [0.25, 0.3) is 5.91 Å². The zero-order valence-corrected chi connectivity index (χ0v) is 10.8. The Balaban J connectivity index is 3.05. The number of aliphatic carboxylic acids is 1. The number of carbonyl (C=O) groups is 2. The number of hydrogen-bond acceptors (Lipinski definition) is 2. The molecule has 0 aliphatic heterocycles. The number of hydrogen-bond donors (Lipinski definition) is 1. The summed E-state index contributed by atoms with van der Waals surface area (Å²) in [5.74, 6) is -1.35. The average molecular weight is 247 g/mol. The number of rotatable bonds is 4. The first-order valence-corrected chi connectivity index (χ1v) is 5.65. The SMILES string of the molecule is CC(C)=CC(=O)N(CC(=O)O)c1ccc(C)cc1. The summed E-state index contributed by atoms with van der Waals surface area (Å²) < 4.78 is 0. The Kier molecular flexibility index (Phi) is 4.66. The number of carboxylic acids is 1. The lowest BCUT2D eigenvalue weighted by atomic mass is 10.2. The van der Waals surface area contributed by atoms with Gasteiger partial charge < -0.3 is 5.11 Å². The van der Waals surface area contributed by atoms with Crippen LogP contribution in [0.1, 0.15) is 19.4 Å². The van der Waals surface area contributed by atoms with Gasteiger partial charge in [-0.2, -0.15) is 0 Å². The minimum absolute atomic E-state index is 0.318. The maximum absolute atomic E-state index is 12.0. The topological polar surface area (TPSA) is 57.6 Å². The van der Waals surface area contributed by atoms with Crippen LogP contribution in [0.5, 0.6) is 0 Å². The van der Waals surface area contributed by atoms with E-state index in [2.05, 4.69) is 0 Å². The molecule has 1 amide bonds. The minimum atomic E-state index is -1.04. The normalized spacial score (nSPS) is 9.72. The molecule has 0 atom stereocenters. The van der Waals surface area contributed by atoms with Crippen molar-refractivity contribution in [1.82, 2.24) is 0 Å². The third kappa shape index (κ3) is 4.05. The number of nitrogens with zero attached hydrogens (tertiary/aromatic N) is 1. The second-order valence-corrected chi connectivity index (χ2v) is 4.38. The second-order valence-electron chi connectivity index (χ2n) is 4.38. The van der Waals surface area contributed by atoms with Crippen molar-refractivity contribution in [2.24, 2.45) is 0 Å². The Bertz CT molecular complexity index is 470. The van der Waals surface area contributed by atoms with Crippen LogP contribution in [-0.2, 0) is 9.59 Å². The average Bonchev–Trinajstić information content (AvgIpc) is 2.26. The van der Waals surface area contributed by atoms with Crippen LogP contribution in [0.3, 0.4) is 0 Å². The smallest absolute Gasteiger partial charge is 0.323 e. The molecule has 0 bridgehead atoms. The standard InChI is InChI=1S/C14H17NO3/c1-10(2)8-13(16)15(9-14(17)18)12-6-4-11(3)5-7-12/h4-8H,9H2,1-3H3,(H,17,18). The van der Waals surface area contributed by atoms with E-state index in [1.54, 1.807) is 26.0 Å². The summed E-state index contributed by atoms with van der Waals surface area (Å²) in [7, 11) is 0. The molecule has 1 aromatic carbocycles. The van der Waals surface area contributed by atoms with Crippen molar-refractivity contribution in [2.45, 2.75) is 20.8 Å². The summed E-state index contributed by atoms with van der Waals surface area (Å²) in [5.41, 5.74) is 2.48. The molecular weight excluding hydrogens is 230 g/mol. The summed E-state index contributed by atoms with van der Waals surface area (Å²) in [6, 6.07) is 7.18. The van der Waals surface area contributed by atoms with E-state index in [-0.39, 0.29) is 12.5 Å². The zero-order valence-electron chi connectivity index (χ0n) is 10.8. The quantitative estimate of drug-likeness (QED) is 0.831. The molecule has 1 N–H and O–H groups in total. The molecule has 18 heavy (non-hydrogen) atoms. The van der Waals surface area contributed by atoms with Crippen molar-refractivity contribution in [2.75, 3.05) is 11.4 Å². The fourth-order valence-corrected chi connectivity index (χ4v) is 1.48. The molecule has 0 saturated carbocycles. The summed E-state index contributed by atoms with van der Waals surface area (Å²) in [5, 5.41) is 8.87. The molecule has 0 aromatic heterocycles. The van der Waals surface area contributed by atoms with Gasteiger partial charge in [-0.3, -0.25) is 14.5 Å². The van der Waals surface area contributed by atoms with Crippen molar-refractivity contribution in [3.05, 3.63) is 41.5 Å². The lowest BCUT2D eigenvalue weighted by Crippen LogP contribution is -2.34. The molecule has 4 heteroatoms. The van der Waals surface area contributed by atoms with Gasteiger partial charge in [-0.15, -0.1) is 0 Å². The van der Waals surface area contributed by atoms with Crippen LogP contribution in [0.2, 0.25) is 0 Å². The van der Waals surface area contributed by atoms with Crippen molar-refractivity contribution >= 4 is 17.6 Å². The summed E-state index contributed by atoms with van der Waals surface area (Å²) in [6.45, 7) is 5.19. The predicted molar refractivity (Wildman–Crippen MR) is 70.6 cm³/mol. The van der Waals surface area contributed by atoms with Crippen molar-refractivity contribution < 1.29 is 14.7 Å². The fraction of sp³-hybridized carbons (Fsp3) is 0.286. The number of aryl methyl sites for hydroxylation is 1. The highest BCUT2D eigenvalue weighted by Crippen LogP contribution is 2.16. The highest BCUT2D eigenvalue weighted by molar-refractivity contribution is 6.04. The van der Waals surface area contributed by atoms with Crippen molar-refractivity contribution in [1.29, 1.82) is 0 Å². The maximum atomic E-state index is 12.0. The van der Waals surface area contributed by atoms with E-state index in [1.165, 1.54) is 11.0 Å². The zero-order chi connectivity index (χ0) is 13.7. The van der Waals surface area contributed by atoms with E-state index >= 15 is 0 Å². The monoisotopic (exact) mass is 247 g/mol. The number of benzene rings is 1. The third-order valence-corrected chi connectivity index (χ3v) is 2.32. The van der Waals surface area contributed by atoms with Crippen molar-refractivity contribution in [3.8, 4) is 0 Å². The van der Waals surface area contributed by atoms with Gasteiger partial charge in [-0.05, 0) is 32.9 Å². The maximum Gasteiger partial charge on any atom is 0.323 e. The number of carbonyl (C=O) groups excluding carboxylic acids is 1. The second kappa shape index (κ2) is 6.00. The number of amides is 1. The van der Waals surface area contributed by atoms with E-state index in [4.69, 9.17) is 5.11 Å². The van der Waals surface area contributed by atoms with Gasteiger partial charge in [0.2, 0.25) is 0 Å². The molecule has 1 aromatic rings. The number of carboxylic acid groups (broad SMARTS) is 1. The first-order valence-electron chi connectivity index (χ1n) is 5.65. The van der Waals surface area contributed by atoms with Gasteiger partial charge in [0, 0.05) is 11.8 Å². The Labute approximate surface area is 107 Å². The van der Waals surface area contributed by atoms with Crippen LogP contribution < -0.4 is 4.90 Å². The van der Waals surface area contributed by atoms with Gasteiger partial charge in [-0.1, -0.05) is 23.3 Å². The van der Waals surface area contributed by atoms with Crippen LogP contribution in [0.25, 0.3) is 0 Å². The molecule has 1 rings (SSSR count). The van der Waals surface area contributed by atoms with E-state index in [1.807, 2.05) is 19.1 Å². The minimum Gasteiger partial charge on any atom is -0.480 e. The molecule has 0 unspecified atom stereocenters. The molecule has 0 spiro atoms. The Hall–Kier alpha value is -2.10. The van der Waals surface area contributed by atoms with Gasteiger partial charge in [0.1, 0.15) is 6.54 Å². The van der Waals surface area contributed by atoms with Crippen LogP contribution in [0.4, 0.5) is 5.69 Å². The summed E-state index contributed by atoms with van der Waals surface area (Å²) >= 11 is 0. The van der Waals surface area contributed by atoms with E-state index < -0.39 is 5.97 Å². The van der Waals surface area contributed by atoms with E-state index in [0.29, 0.717) is 5.69 Å². The van der Waals surface area contributed by atoms with Crippen LogP contribution >= 0.6 is 0 Å². The number of anilines is 1. The van der Waals surface area contributed by atoms with Crippen molar-refractivity contribution in [3.63, 3.8) is 0 Å². The Morgan fingerprint density at radius 2 is 1.78 bits per heavy atom. The van der Waals surface area contributed by atoms with Gasteiger partial charge >= 0.3 is 5.97 Å². The lowest BCUT2D eigenvalue weighted by Gasteiger charge is -2.19. The number of allylic oxidation sites excluding steroid dienone is 1. The lowest BCUT2D eigenvalue weighted by molar-refractivity contribution is -0.136. The predicted octanol–water partition coefficient (Wildman–Crippen LogP) is 2.38. The molecule has 0 aliphatic carbocycles. The molecule has 96 valence electrons. The highest BCUT2D eigenvalue weighted by atomic mass is 16.4. The third-order valence-electron chi connectivity index (χ3n) is 2.32. The van der Waals surface area contributed by atoms with Crippen LogP contribution in [0.15, 0.2) is 35.9 Å². The molecular formula is C14H17NO3. The van der Waals surface area contributed by atoms with Crippen LogP contribution in [-0.4, -0.2) is 23.5 Å². The molecule has 0 saturated heterocycles. The van der Waals surface area contributed by atoms with E-state index in [9.17, 15) is 9.59 Å². The Morgan fingerprint density at radius 1 is 1.22 bits per heavy atom. The molecule has 4 nitrogen and oxygen atoms in total. The van der Waals surface area contributed by atoms with Gasteiger partial charge in [-0.25, -0.2) is 0 Å².